The van der Waals surface area contributed by atoms with E-state index in [1.54, 1.807) is 10.9 Å². The third-order valence-corrected chi connectivity index (χ3v) is 2.35. The van der Waals surface area contributed by atoms with E-state index >= 15 is 0 Å². The second-order valence-electron chi connectivity index (χ2n) is 3.65. The Balaban J connectivity index is 2.31. The van der Waals surface area contributed by atoms with Crippen LogP contribution in [0, 0.1) is 17.2 Å². The summed E-state index contributed by atoms with van der Waals surface area (Å²) in [6.07, 6.45) is 4.97. The fraction of sp³-hybridized carbons (Fsp3) is 0.545. The average molecular weight is 220 g/mol. The Labute approximate surface area is 95.1 Å². The molecule has 0 bridgehead atoms. The third kappa shape index (κ3) is 3.39. The standard InChI is InChI=1S/C11H16N4O/c1-3-10(6-12)11(16)13-5-4-9-7-14-15(2)8-9/h7-8,10H,3-5H2,1-2H3,(H,13,16). The van der Waals surface area contributed by atoms with Gasteiger partial charge in [-0.3, -0.25) is 9.48 Å². The summed E-state index contributed by atoms with van der Waals surface area (Å²) in [7, 11) is 1.85. The fourth-order valence-corrected chi connectivity index (χ4v) is 1.39. The number of aryl methyl sites for hydroxylation is 1. The van der Waals surface area contributed by atoms with Gasteiger partial charge in [0.25, 0.3) is 0 Å². The molecule has 0 radical (unpaired) electrons. The number of nitrogens with zero attached hydrogens (tertiary/aromatic N) is 3. The number of hydrogen-bond acceptors (Lipinski definition) is 3. The van der Waals surface area contributed by atoms with Crippen LogP contribution in [0.5, 0.6) is 0 Å². The van der Waals surface area contributed by atoms with E-state index in [1.807, 2.05) is 26.2 Å². The Kier molecular flexibility index (Phi) is 4.52. The van der Waals surface area contributed by atoms with Gasteiger partial charge in [0.15, 0.2) is 0 Å². The van der Waals surface area contributed by atoms with Gasteiger partial charge in [0, 0.05) is 19.8 Å². The molecule has 1 amide bonds. The maximum absolute atomic E-state index is 11.4. The zero-order valence-corrected chi connectivity index (χ0v) is 9.60. The fourth-order valence-electron chi connectivity index (χ4n) is 1.39. The van der Waals surface area contributed by atoms with Crippen molar-refractivity contribution >= 4 is 5.91 Å². The molecule has 0 aliphatic rings. The topological polar surface area (TPSA) is 70.7 Å². The molecule has 0 aromatic carbocycles. The summed E-state index contributed by atoms with van der Waals surface area (Å²) < 4.78 is 1.72. The molecule has 5 nitrogen and oxygen atoms in total. The molecular weight excluding hydrogens is 204 g/mol. The molecule has 0 spiro atoms. The average Bonchev–Trinajstić information content (AvgIpc) is 2.66. The van der Waals surface area contributed by atoms with Gasteiger partial charge in [-0.25, -0.2) is 0 Å². The van der Waals surface area contributed by atoms with Gasteiger partial charge in [-0.05, 0) is 18.4 Å². The summed E-state index contributed by atoms with van der Waals surface area (Å²) in [5.41, 5.74) is 1.08. The maximum Gasteiger partial charge on any atom is 0.237 e. The predicted octanol–water partition coefficient (Wildman–Crippen LogP) is 0.629. The highest BCUT2D eigenvalue weighted by Crippen LogP contribution is 2.00. The van der Waals surface area contributed by atoms with Crippen LogP contribution in [0.3, 0.4) is 0 Å². The Morgan fingerprint density at radius 2 is 2.50 bits per heavy atom. The smallest absolute Gasteiger partial charge is 0.237 e. The molecule has 1 unspecified atom stereocenters. The van der Waals surface area contributed by atoms with Crippen LogP contribution in [0.4, 0.5) is 0 Å². The minimum Gasteiger partial charge on any atom is -0.355 e. The Morgan fingerprint density at radius 1 is 1.75 bits per heavy atom. The van der Waals surface area contributed by atoms with E-state index in [0.29, 0.717) is 13.0 Å². The summed E-state index contributed by atoms with van der Waals surface area (Å²) in [5.74, 6) is -0.720. The van der Waals surface area contributed by atoms with Crippen LogP contribution in [0.2, 0.25) is 0 Å². The van der Waals surface area contributed by atoms with Gasteiger partial charge in [-0.15, -0.1) is 0 Å². The number of amides is 1. The zero-order chi connectivity index (χ0) is 12.0. The summed E-state index contributed by atoms with van der Waals surface area (Å²) >= 11 is 0. The van der Waals surface area contributed by atoms with Crippen molar-refractivity contribution in [2.75, 3.05) is 6.54 Å². The first-order valence-electron chi connectivity index (χ1n) is 5.32. The molecule has 0 aliphatic heterocycles. The predicted molar refractivity (Wildman–Crippen MR) is 59.3 cm³/mol. The number of carbonyl (C=O) groups excluding carboxylic acids is 1. The minimum absolute atomic E-state index is 0.186. The largest absolute Gasteiger partial charge is 0.355 e. The number of aromatic nitrogens is 2. The molecule has 1 aromatic heterocycles. The van der Waals surface area contributed by atoms with E-state index in [9.17, 15) is 4.79 Å². The van der Waals surface area contributed by atoms with Crippen molar-refractivity contribution in [2.24, 2.45) is 13.0 Å². The highest BCUT2D eigenvalue weighted by atomic mass is 16.1. The van der Waals surface area contributed by atoms with Crippen LogP contribution in [0.1, 0.15) is 18.9 Å². The van der Waals surface area contributed by atoms with Crippen molar-refractivity contribution < 1.29 is 4.79 Å². The van der Waals surface area contributed by atoms with Crippen molar-refractivity contribution in [1.29, 1.82) is 5.26 Å². The molecule has 0 saturated carbocycles. The van der Waals surface area contributed by atoms with Crippen LogP contribution in [-0.4, -0.2) is 22.2 Å². The molecule has 5 heteroatoms. The number of hydrogen-bond donors (Lipinski definition) is 1. The zero-order valence-electron chi connectivity index (χ0n) is 9.60. The Morgan fingerprint density at radius 3 is 3.00 bits per heavy atom. The second kappa shape index (κ2) is 5.91. The third-order valence-electron chi connectivity index (χ3n) is 2.35. The lowest BCUT2D eigenvalue weighted by Gasteiger charge is -2.06. The molecule has 1 aromatic rings. The highest BCUT2D eigenvalue weighted by molar-refractivity contribution is 5.80. The molecule has 16 heavy (non-hydrogen) atoms. The molecule has 0 aliphatic carbocycles. The molecule has 0 fully saturated rings. The molecular formula is C11H16N4O. The van der Waals surface area contributed by atoms with E-state index in [1.165, 1.54) is 0 Å². The van der Waals surface area contributed by atoms with E-state index in [-0.39, 0.29) is 5.91 Å². The number of carbonyl (C=O) groups is 1. The van der Waals surface area contributed by atoms with Crippen molar-refractivity contribution in [3.05, 3.63) is 18.0 Å². The number of rotatable bonds is 5. The van der Waals surface area contributed by atoms with Crippen molar-refractivity contribution in [3.8, 4) is 6.07 Å². The first kappa shape index (κ1) is 12.2. The van der Waals surface area contributed by atoms with Gasteiger partial charge in [0.1, 0.15) is 5.92 Å². The van der Waals surface area contributed by atoms with E-state index in [0.717, 1.165) is 12.0 Å². The summed E-state index contributed by atoms with van der Waals surface area (Å²) in [6, 6.07) is 1.98. The second-order valence-corrected chi connectivity index (χ2v) is 3.65. The lowest BCUT2D eigenvalue weighted by atomic mass is 10.1. The van der Waals surface area contributed by atoms with Crippen LogP contribution in [-0.2, 0) is 18.3 Å². The van der Waals surface area contributed by atoms with Gasteiger partial charge < -0.3 is 5.32 Å². The quantitative estimate of drug-likeness (QED) is 0.791. The Bertz CT molecular complexity index is 391. The maximum atomic E-state index is 11.4. The van der Waals surface area contributed by atoms with Gasteiger partial charge in [0.05, 0.1) is 12.3 Å². The lowest BCUT2D eigenvalue weighted by molar-refractivity contribution is -0.123. The van der Waals surface area contributed by atoms with Gasteiger partial charge in [-0.1, -0.05) is 6.92 Å². The summed E-state index contributed by atoms with van der Waals surface area (Å²) in [4.78, 5) is 11.4. The van der Waals surface area contributed by atoms with Crippen molar-refractivity contribution in [2.45, 2.75) is 19.8 Å². The molecule has 0 saturated heterocycles. The van der Waals surface area contributed by atoms with E-state index in [2.05, 4.69) is 10.4 Å². The summed E-state index contributed by atoms with van der Waals surface area (Å²) in [6.45, 7) is 2.37. The summed E-state index contributed by atoms with van der Waals surface area (Å²) in [5, 5.41) is 15.5. The SMILES string of the molecule is CCC(C#N)C(=O)NCCc1cnn(C)c1. The molecule has 86 valence electrons. The highest BCUT2D eigenvalue weighted by Gasteiger charge is 2.14. The van der Waals surface area contributed by atoms with E-state index < -0.39 is 5.92 Å². The first-order chi connectivity index (χ1) is 7.67. The molecule has 1 N–H and O–H groups in total. The first-order valence-corrected chi connectivity index (χ1v) is 5.32. The monoisotopic (exact) mass is 220 g/mol. The molecule has 1 heterocycles. The molecule has 1 atom stereocenters. The van der Waals surface area contributed by atoms with Gasteiger partial charge in [0.2, 0.25) is 5.91 Å². The minimum atomic E-state index is -0.533. The lowest BCUT2D eigenvalue weighted by Crippen LogP contribution is -2.31. The van der Waals surface area contributed by atoms with Crippen molar-refractivity contribution in [1.82, 2.24) is 15.1 Å². The van der Waals surface area contributed by atoms with Crippen LogP contribution in [0.25, 0.3) is 0 Å². The normalized spacial score (nSPS) is 11.8. The van der Waals surface area contributed by atoms with Gasteiger partial charge in [-0.2, -0.15) is 10.4 Å². The van der Waals surface area contributed by atoms with Crippen LogP contribution >= 0.6 is 0 Å². The van der Waals surface area contributed by atoms with Crippen LogP contribution < -0.4 is 5.32 Å². The van der Waals surface area contributed by atoms with Crippen LogP contribution in [0.15, 0.2) is 12.4 Å². The molecule has 1 rings (SSSR count). The number of nitriles is 1. The van der Waals surface area contributed by atoms with Crippen molar-refractivity contribution in [3.63, 3.8) is 0 Å². The Hall–Kier alpha value is -1.83. The van der Waals surface area contributed by atoms with E-state index in [4.69, 9.17) is 5.26 Å². The number of nitrogens with one attached hydrogen (secondary N) is 1. The van der Waals surface area contributed by atoms with Gasteiger partial charge >= 0.3 is 0 Å².